The molecule has 0 atom stereocenters. The highest BCUT2D eigenvalue weighted by atomic mass is 79.9. The first-order valence-corrected chi connectivity index (χ1v) is 6.36. The summed E-state index contributed by atoms with van der Waals surface area (Å²) >= 11 is 3.09. The first kappa shape index (κ1) is 15.2. The van der Waals surface area contributed by atoms with Crippen LogP contribution in [-0.4, -0.2) is 12.0 Å². The van der Waals surface area contributed by atoms with Gasteiger partial charge in [0.15, 0.2) is 11.6 Å². The van der Waals surface area contributed by atoms with Crippen LogP contribution < -0.4 is 9.47 Å². The largest absolute Gasteiger partial charge is 0.490 e. The smallest absolute Gasteiger partial charge is 0.312 e. The van der Waals surface area contributed by atoms with Crippen molar-refractivity contribution in [3.8, 4) is 17.2 Å². The number of benzene rings is 2. The summed E-state index contributed by atoms with van der Waals surface area (Å²) in [4.78, 5) is 10.2. The fourth-order valence-corrected chi connectivity index (χ4v) is 2.00. The average Bonchev–Trinajstić information content (AvgIpc) is 2.43. The van der Waals surface area contributed by atoms with E-state index in [1.54, 1.807) is 0 Å². The molecule has 0 N–H and O–H groups in total. The van der Waals surface area contributed by atoms with Crippen LogP contribution in [0, 0.1) is 21.7 Å². The van der Waals surface area contributed by atoms with Gasteiger partial charge in [0.25, 0.3) is 0 Å². The molecule has 0 aliphatic carbocycles. The second-order valence-electron chi connectivity index (χ2n) is 3.89. The minimum atomic E-state index is -0.890. The maximum absolute atomic E-state index is 13.5. The van der Waals surface area contributed by atoms with Crippen molar-refractivity contribution >= 4 is 21.6 Å². The van der Waals surface area contributed by atoms with Gasteiger partial charge in [0, 0.05) is 18.2 Å². The van der Waals surface area contributed by atoms with Crippen LogP contribution in [0.2, 0.25) is 0 Å². The summed E-state index contributed by atoms with van der Waals surface area (Å²) in [6, 6.07) is 5.24. The van der Waals surface area contributed by atoms with Gasteiger partial charge in [0.05, 0.1) is 16.5 Å². The fourth-order valence-electron chi connectivity index (χ4n) is 1.59. The molecule has 2 rings (SSSR count). The van der Waals surface area contributed by atoms with Crippen LogP contribution >= 0.6 is 15.9 Å². The van der Waals surface area contributed by atoms with Crippen molar-refractivity contribution in [1.82, 2.24) is 0 Å². The van der Waals surface area contributed by atoms with E-state index in [9.17, 15) is 18.9 Å². The van der Waals surface area contributed by atoms with Crippen molar-refractivity contribution < 1.29 is 23.2 Å². The Morgan fingerprint density at radius 2 is 1.86 bits per heavy atom. The van der Waals surface area contributed by atoms with Gasteiger partial charge in [-0.2, -0.15) is 0 Å². The van der Waals surface area contributed by atoms with E-state index in [-0.39, 0.29) is 27.4 Å². The Morgan fingerprint density at radius 3 is 2.43 bits per heavy atom. The molecular weight excluding hydrogens is 352 g/mol. The summed E-state index contributed by atoms with van der Waals surface area (Å²) in [6.07, 6.45) is 0. The summed E-state index contributed by atoms with van der Waals surface area (Å²) in [5.74, 6) is -1.78. The SMILES string of the molecule is COc1cc(Oc2ccc(F)cc2F)c(Br)cc1[N+](=O)[O-]. The maximum atomic E-state index is 13.5. The Hall–Kier alpha value is -2.22. The molecule has 5 nitrogen and oxygen atoms in total. The minimum absolute atomic E-state index is 0.0410. The molecule has 2 aromatic carbocycles. The molecule has 8 heteroatoms. The molecule has 0 saturated carbocycles. The maximum Gasteiger partial charge on any atom is 0.312 e. The molecule has 0 saturated heterocycles. The second kappa shape index (κ2) is 6.04. The van der Waals surface area contributed by atoms with E-state index < -0.39 is 16.6 Å². The topological polar surface area (TPSA) is 61.6 Å². The van der Waals surface area contributed by atoms with Crippen LogP contribution in [0.3, 0.4) is 0 Å². The van der Waals surface area contributed by atoms with Crippen LogP contribution in [-0.2, 0) is 0 Å². The molecule has 0 heterocycles. The van der Waals surface area contributed by atoms with Gasteiger partial charge in [-0.05, 0) is 28.1 Å². The van der Waals surface area contributed by atoms with Crippen molar-refractivity contribution in [3.05, 3.63) is 56.6 Å². The lowest BCUT2D eigenvalue weighted by atomic mass is 10.2. The quantitative estimate of drug-likeness (QED) is 0.598. The monoisotopic (exact) mass is 359 g/mol. The molecule has 0 aliphatic rings. The zero-order chi connectivity index (χ0) is 15.6. The number of nitro groups is 1. The van der Waals surface area contributed by atoms with Gasteiger partial charge in [-0.3, -0.25) is 10.1 Å². The Morgan fingerprint density at radius 1 is 1.14 bits per heavy atom. The van der Waals surface area contributed by atoms with Crippen LogP contribution in [0.5, 0.6) is 17.2 Å². The number of methoxy groups -OCH3 is 1. The van der Waals surface area contributed by atoms with Crippen molar-refractivity contribution in [1.29, 1.82) is 0 Å². The van der Waals surface area contributed by atoms with Gasteiger partial charge in [-0.25, -0.2) is 8.78 Å². The van der Waals surface area contributed by atoms with Crippen LogP contribution in [0.4, 0.5) is 14.5 Å². The number of hydrogen-bond acceptors (Lipinski definition) is 4. The van der Waals surface area contributed by atoms with Crippen molar-refractivity contribution in [2.45, 2.75) is 0 Å². The Bertz CT molecular complexity index is 709. The number of ether oxygens (including phenoxy) is 2. The Kier molecular flexibility index (Phi) is 4.37. The Labute approximate surface area is 126 Å². The molecule has 21 heavy (non-hydrogen) atoms. The van der Waals surface area contributed by atoms with Gasteiger partial charge in [0.1, 0.15) is 11.6 Å². The van der Waals surface area contributed by atoms with Crippen molar-refractivity contribution in [3.63, 3.8) is 0 Å². The summed E-state index contributed by atoms with van der Waals surface area (Å²) in [7, 11) is 1.26. The summed E-state index contributed by atoms with van der Waals surface area (Å²) < 4.78 is 36.8. The van der Waals surface area contributed by atoms with E-state index in [0.717, 1.165) is 12.1 Å². The first-order valence-electron chi connectivity index (χ1n) is 5.57. The van der Waals surface area contributed by atoms with Gasteiger partial charge in [-0.1, -0.05) is 0 Å². The molecule has 0 aromatic heterocycles. The molecule has 110 valence electrons. The predicted octanol–water partition coefficient (Wildman–Crippen LogP) is 4.44. The third-order valence-electron chi connectivity index (χ3n) is 2.54. The number of nitro benzene ring substituents is 1. The van der Waals surface area contributed by atoms with Gasteiger partial charge >= 0.3 is 5.69 Å². The van der Waals surface area contributed by atoms with E-state index in [2.05, 4.69) is 15.9 Å². The lowest BCUT2D eigenvalue weighted by Crippen LogP contribution is -1.96. The first-order chi connectivity index (χ1) is 9.92. The van der Waals surface area contributed by atoms with Gasteiger partial charge < -0.3 is 9.47 Å². The molecule has 0 spiro atoms. The molecule has 0 fully saturated rings. The van der Waals surface area contributed by atoms with Crippen molar-refractivity contribution in [2.75, 3.05) is 7.11 Å². The molecule has 0 unspecified atom stereocenters. The lowest BCUT2D eigenvalue weighted by molar-refractivity contribution is -0.385. The standard InChI is InChI=1S/C13H8BrF2NO4/c1-20-13-6-12(8(14)5-10(13)17(18)19)21-11-3-2-7(15)4-9(11)16/h2-6H,1H3. The van der Waals surface area contributed by atoms with E-state index >= 15 is 0 Å². The molecule has 0 radical (unpaired) electrons. The summed E-state index contributed by atoms with van der Waals surface area (Å²) in [5, 5.41) is 10.9. The van der Waals surface area contributed by atoms with E-state index in [1.165, 1.54) is 19.2 Å². The van der Waals surface area contributed by atoms with Gasteiger partial charge in [0.2, 0.25) is 5.75 Å². The molecule has 0 amide bonds. The minimum Gasteiger partial charge on any atom is -0.490 e. The number of halogens is 3. The van der Waals surface area contributed by atoms with Gasteiger partial charge in [-0.15, -0.1) is 0 Å². The fraction of sp³-hybridized carbons (Fsp3) is 0.0769. The summed E-state index contributed by atoms with van der Waals surface area (Å²) in [6.45, 7) is 0. The summed E-state index contributed by atoms with van der Waals surface area (Å²) in [5.41, 5.74) is -0.267. The highest BCUT2D eigenvalue weighted by molar-refractivity contribution is 9.10. The third kappa shape index (κ3) is 3.27. The second-order valence-corrected chi connectivity index (χ2v) is 4.74. The van der Waals surface area contributed by atoms with E-state index in [4.69, 9.17) is 9.47 Å². The van der Waals surface area contributed by atoms with Crippen LogP contribution in [0.25, 0.3) is 0 Å². The number of rotatable bonds is 4. The van der Waals surface area contributed by atoms with E-state index in [0.29, 0.717) is 6.07 Å². The number of nitrogens with zero attached hydrogens (tertiary/aromatic N) is 1. The highest BCUT2D eigenvalue weighted by Crippen LogP contribution is 2.39. The average molecular weight is 360 g/mol. The zero-order valence-corrected chi connectivity index (χ0v) is 12.2. The van der Waals surface area contributed by atoms with Crippen molar-refractivity contribution in [2.24, 2.45) is 0 Å². The van der Waals surface area contributed by atoms with Crippen LogP contribution in [0.1, 0.15) is 0 Å². The molecular formula is C13H8BrF2NO4. The van der Waals surface area contributed by atoms with E-state index in [1.807, 2.05) is 0 Å². The van der Waals surface area contributed by atoms with Crippen LogP contribution in [0.15, 0.2) is 34.8 Å². The third-order valence-corrected chi connectivity index (χ3v) is 3.16. The highest BCUT2D eigenvalue weighted by Gasteiger charge is 2.20. The normalized spacial score (nSPS) is 10.3. The molecule has 0 aliphatic heterocycles. The predicted molar refractivity (Wildman–Crippen MR) is 73.8 cm³/mol. The molecule has 2 aromatic rings. The Balaban J connectivity index is 2.42. The zero-order valence-electron chi connectivity index (χ0n) is 10.6. The lowest BCUT2D eigenvalue weighted by Gasteiger charge is -2.10. The molecule has 0 bridgehead atoms. The number of hydrogen-bond donors (Lipinski definition) is 0.